The minimum atomic E-state index is -0.167. The molecule has 3 atom stereocenters. The van der Waals surface area contributed by atoms with Crippen molar-refractivity contribution >= 4 is 17.9 Å². The second-order valence-corrected chi connectivity index (χ2v) is 9.48. The fourth-order valence-electron chi connectivity index (χ4n) is 3.82. The van der Waals surface area contributed by atoms with Crippen molar-refractivity contribution in [2.45, 2.75) is 69.3 Å². The standard InChI is InChI=1S/C20H30N6O2S/c1-13-10-22-16(11-21-13)17(27-4)14(2)29-25-19-24-23-18(15-6-5-9-28-12-15)26(19)20(3)7-8-20/h10-11,14-15,17H,5-9,12H2,1-4H3,(H,24,25). The first-order valence-electron chi connectivity index (χ1n) is 10.3. The van der Waals surface area contributed by atoms with Crippen LogP contribution in [0, 0.1) is 6.92 Å². The number of aryl methyl sites for hydroxylation is 1. The van der Waals surface area contributed by atoms with Crippen molar-refractivity contribution in [3.05, 3.63) is 29.6 Å². The number of methoxy groups -OCH3 is 1. The van der Waals surface area contributed by atoms with Crippen LogP contribution in [-0.4, -0.2) is 50.3 Å². The van der Waals surface area contributed by atoms with Gasteiger partial charge in [-0.2, -0.15) is 0 Å². The van der Waals surface area contributed by atoms with Crippen LogP contribution in [0.3, 0.4) is 0 Å². The Balaban J connectivity index is 1.49. The Labute approximate surface area is 176 Å². The zero-order valence-corrected chi connectivity index (χ0v) is 18.4. The molecule has 2 fully saturated rings. The fourth-order valence-corrected chi connectivity index (χ4v) is 4.62. The van der Waals surface area contributed by atoms with E-state index in [1.54, 1.807) is 31.5 Å². The van der Waals surface area contributed by atoms with Crippen LogP contribution < -0.4 is 4.72 Å². The molecule has 8 nitrogen and oxygen atoms in total. The van der Waals surface area contributed by atoms with Gasteiger partial charge in [-0.1, -0.05) is 0 Å². The van der Waals surface area contributed by atoms with Crippen molar-refractivity contribution in [1.82, 2.24) is 24.7 Å². The monoisotopic (exact) mass is 418 g/mol. The highest BCUT2D eigenvalue weighted by molar-refractivity contribution is 8.01. The van der Waals surface area contributed by atoms with Gasteiger partial charge in [0.1, 0.15) is 11.9 Å². The Morgan fingerprint density at radius 1 is 1.31 bits per heavy atom. The van der Waals surface area contributed by atoms with Gasteiger partial charge in [0.15, 0.2) is 0 Å². The highest BCUT2D eigenvalue weighted by Gasteiger charge is 2.44. The Morgan fingerprint density at radius 3 is 2.76 bits per heavy atom. The SMILES string of the molecule is COC(c1cnc(C)cn1)C(C)SNc1nnc(C2CCCOC2)n1C1(C)CC1. The number of hydrogen-bond acceptors (Lipinski definition) is 8. The fraction of sp³-hybridized carbons (Fsp3) is 0.700. The molecule has 2 aromatic heterocycles. The van der Waals surface area contributed by atoms with E-state index in [2.05, 4.69) is 43.3 Å². The predicted molar refractivity (Wildman–Crippen MR) is 113 cm³/mol. The molecule has 0 bridgehead atoms. The second-order valence-electron chi connectivity index (χ2n) is 8.29. The van der Waals surface area contributed by atoms with E-state index >= 15 is 0 Å². The van der Waals surface area contributed by atoms with Gasteiger partial charge in [0.25, 0.3) is 0 Å². The van der Waals surface area contributed by atoms with E-state index in [0.29, 0.717) is 5.92 Å². The smallest absolute Gasteiger partial charge is 0.235 e. The summed E-state index contributed by atoms with van der Waals surface area (Å²) in [5.41, 5.74) is 1.83. The zero-order valence-electron chi connectivity index (χ0n) is 17.6. The van der Waals surface area contributed by atoms with Crippen molar-refractivity contribution in [1.29, 1.82) is 0 Å². The minimum absolute atomic E-state index is 0.103. The summed E-state index contributed by atoms with van der Waals surface area (Å²) in [7, 11) is 1.71. The van der Waals surface area contributed by atoms with Crippen LogP contribution in [0.5, 0.6) is 0 Å². The van der Waals surface area contributed by atoms with Gasteiger partial charge < -0.3 is 9.47 Å². The summed E-state index contributed by atoms with van der Waals surface area (Å²) >= 11 is 1.58. The van der Waals surface area contributed by atoms with Crippen molar-refractivity contribution in [2.24, 2.45) is 0 Å². The highest BCUT2D eigenvalue weighted by Crippen LogP contribution is 2.47. The lowest BCUT2D eigenvalue weighted by Crippen LogP contribution is -2.25. The van der Waals surface area contributed by atoms with Crippen molar-refractivity contribution in [3.63, 3.8) is 0 Å². The average molecular weight is 419 g/mol. The Morgan fingerprint density at radius 2 is 2.14 bits per heavy atom. The number of nitrogens with one attached hydrogen (secondary N) is 1. The van der Waals surface area contributed by atoms with Gasteiger partial charge in [-0.05, 0) is 58.4 Å². The lowest BCUT2D eigenvalue weighted by molar-refractivity contribution is 0.0764. The van der Waals surface area contributed by atoms with E-state index in [0.717, 1.165) is 62.1 Å². The average Bonchev–Trinajstić information content (AvgIpc) is 3.33. The highest BCUT2D eigenvalue weighted by atomic mass is 32.2. The molecule has 0 spiro atoms. The lowest BCUT2D eigenvalue weighted by Gasteiger charge is -2.26. The van der Waals surface area contributed by atoms with Crippen LogP contribution in [0.2, 0.25) is 0 Å². The van der Waals surface area contributed by atoms with Crippen LogP contribution in [0.1, 0.15) is 68.8 Å². The maximum Gasteiger partial charge on any atom is 0.235 e. The summed E-state index contributed by atoms with van der Waals surface area (Å²) < 4.78 is 17.2. The van der Waals surface area contributed by atoms with Gasteiger partial charge in [-0.25, -0.2) is 0 Å². The molecule has 3 heterocycles. The normalized spacial score (nSPS) is 22.8. The molecule has 0 aromatic carbocycles. The van der Waals surface area contributed by atoms with Crippen LogP contribution >= 0.6 is 11.9 Å². The first-order valence-corrected chi connectivity index (χ1v) is 11.2. The van der Waals surface area contributed by atoms with Crippen molar-refractivity contribution < 1.29 is 9.47 Å². The molecule has 29 heavy (non-hydrogen) atoms. The number of nitrogens with zero attached hydrogens (tertiary/aromatic N) is 5. The minimum Gasteiger partial charge on any atom is -0.381 e. The molecule has 1 saturated carbocycles. The summed E-state index contributed by atoms with van der Waals surface area (Å²) in [5.74, 6) is 2.18. The zero-order chi connectivity index (χ0) is 20.4. The van der Waals surface area contributed by atoms with Gasteiger partial charge in [-0.3, -0.25) is 19.3 Å². The number of ether oxygens (including phenoxy) is 2. The summed E-state index contributed by atoms with van der Waals surface area (Å²) in [6.45, 7) is 7.90. The third-order valence-electron chi connectivity index (χ3n) is 5.84. The number of anilines is 1. The van der Waals surface area contributed by atoms with E-state index in [-0.39, 0.29) is 16.9 Å². The maximum atomic E-state index is 5.71. The van der Waals surface area contributed by atoms with E-state index in [9.17, 15) is 0 Å². The van der Waals surface area contributed by atoms with Gasteiger partial charge in [0.2, 0.25) is 5.95 Å². The van der Waals surface area contributed by atoms with E-state index in [1.807, 2.05) is 6.92 Å². The van der Waals surface area contributed by atoms with Crippen LogP contribution in [-0.2, 0) is 15.0 Å². The van der Waals surface area contributed by atoms with Crippen LogP contribution in [0.25, 0.3) is 0 Å². The van der Waals surface area contributed by atoms with E-state index in [1.165, 1.54) is 0 Å². The van der Waals surface area contributed by atoms with Crippen molar-refractivity contribution in [2.75, 3.05) is 25.0 Å². The molecule has 1 saturated heterocycles. The van der Waals surface area contributed by atoms with Gasteiger partial charge >= 0.3 is 0 Å². The van der Waals surface area contributed by atoms with Gasteiger partial charge in [0.05, 0.1) is 29.4 Å². The summed E-state index contributed by atoms with van der Waals surface area (Å²) in [6.07, 6.45) is 7.89. The molecule has 158 valence electrons. The molecule has 2 aliphatic rings. The maximum absolute atomic E-state index is 5.71. The third-order valence-corrected chi connectivity index (χ3v) is 6.76. The Bertz CT molecular complexity index is 817. The number of rotatable bonds is 8. The predicted octanol–water partition coefficient (Wildman–Crippen LogP) is 3.62. The molecule has 0 radical (unpaired) electrons. The molecule has 3 unspecified atom stereocenters. The van der Waals surface area contributed by atoms with Gasteiger partial charge in [0, 0.05) is 31.4 Å². The molecule has 4 rings (SSSR count). The number of aromatic nitrogens is 5. The number of hydrogen-bond donors (Lipinski definition) is 1. The van der Waals surface area contributed by atoms with Crippen LogP contribution in [0.4, 0.5) is 5.95 Å². The lowest BCUT2D eigenvalue weighted by atomic mass is 10.0. The molecule has 1 N–H and O–H groups in total. The Kier molecular flexibility index (Phi) is 6.08. The molecule has 0 amide bonds. The quantitative estimate of drug-likeness (QED) is 0.651. The van der Waals surface area contributed by atoms with Gasteiger partial charge in [-0.15, -0.1) is 10.2 Å². The first kappa shape index (κ1) is 20.6. The molecule has 9 heteroatoms. The topological polar surface area (TPSA) is 87.0 Å². The van der Waals surface area contributed by atoms with E-state index in [4.69, 9.17) is 9.47 Å². The summed E-state index contributed by atoms with van der Waals surface area (Å²) in [5, 5.41) is 9.16. The van der Waals surface area contributed by atoms with E-state index < -0.39 is 0 Å². The third kappa shape index (κ3) is 4.41. The first-order chi connectivity index (χ1) is 14.0. The molecule has 1 aliphatic carbocycles. The van der Waals surface area contributed by atoms with Crippen molar-refractivity contribution in [3.8, 4) is 0 Å². The molecule has 2 aromatic rings. The Hall–Kier alpha value is -1.71. The molecule has 1 aliphatic heterocycles. The molecular formula is C20H30N6O2S. The summed E-state index contributed by atoms with van der Waals surface area (Å²) in [6, 6.07) is 0. The second kappa shape index (κ2) is 8.57. The molecular weight excluding hydrogens is 388 g/mol. The largest absolute Gasteiger partial charge is 0.381 e. The van der Waals surface area contributed by atoms with Crippen LogP contribution in [0.15, 0.2) is 12.4 Å². The summed E-state index contributed by atoms with van der Waals surface area (Å²) in [4.78, 5) is 8.83.